The molecule has 0 spiro atoms. The third-order valence-corrected chi connectivity index (χ3v) is 5.58. The van der Waals surface area contributed by atoms with Crippen molar-refractivity contribution >= 4 is 27.3 Å². The second kappa shape index (κ2) is 8.97. The average molecular weight is 407 g/mol. The molecule has 0 saturated heterocycles. The Hall–Kier alpha value is -2.74. The number of carbonyl (C=O) groups is 1. The van der Waals surface area contributed by atoms with E-state index in [-0.39, 0.29) is 0 Å². The van der Waals surface area contributed by atoms with Crippen LogP contribution in [0.3, 0.4) is 0 Å². The minimum absolute atomic E-state index is 0.440. The van der Waals surface area contributed by atoms with Gasteiger partial charge in [-0.1, -0.05) is 19.1 Å². The van der Waals surface area contributed by atoms with Gasteiger partial charge in [0.05, 0.1) is 26.2 Å². The van der Waals surface area contributed by atoms with Gasteiger partial charge >= 0.3 is 0 Å². The van der Waals surface area contributed by atoms with E-state index in [9.17, 15) is 13.2 Å². The highest BCUT2D eigenvalue weighted by molar-refractivity contribution is 7.92. The monoisotopic (exact) mass is 406 g/mol. The van der Waals surface area contributed by atoms with Crippen LogP contribution in [0.15, 0.2) is 42.5 Å². The Balaban J connectivity index is 2.28. The molecule has 1 N–H and O–H groups in total. The van der Waals surface area contributed by atoms with Crippen molar-refractivity contribution in [3.63, 3.8) is 0 Å². The van der Waals surface area contributed by atoms with Crippen LogP contribution >= 0.6 is 0 Å². The van der Waals surface area contributed by atoms with Crippen LogP contribution in [-0.4, -0.2) is 40.8 Å². The molecule has 0 unspecified atom stereocenters. The second-order valence-corrected chi connectivity index (χ2v) is 8.17. The number of sulfonamides is 1. The highest BCUT2D eigenvalue weighted by Gasteiger charge is 2.29. The molecule has 152 valence electrons. The van der Waals surface area contributed by atoms with Crippen LogP contribution < -0.4 is 19.1 Å². The molecule has 2 aromatic carbocycles. The molecule has 7 nitrogen and oxygen atoms in total. The average Bonchev–Trinajstić information content (AvgIpc) is 2.67. The van der Waals surface area contributed by atoms with Gasteiger partial charge in [0.2, 0.25) is 15.9 Å². The number of hydrogen-bond acceptors (Lipinski definition) is 5. The lowest BCUT2D eigenvalue weighted by Crippen LogP contribution is -2.45. The smallest absolute Gasteiger partial charge is 0.247 e. The summed E-state index contributed by atoms with van der Waals surface area (Å²) < 4.78 is 36.3. The molecule has 0 radical (unpaired) electrons. The zero-order chi connectivity index (χ0) is 20.9. The van der Waals surface area contributed by atoms with E-state index in [1.165, 1.54) is 14.2 Å². The van der Waals surface area contributed by atoms with Crippen LogP contribution in [0.4, 0.5) is 11.4 Å². The van der Waals surface area contributed by atoms with E-state index in [2.05, 4.69) is 5.32 Å². The number of carbonyl (C=O) groups excluding carboxylic acids is 1. The van der Waals surface area contributed by atoms with Gasteiger partial charge in [-0.2, -0.15) is 0 Å². The molecular formula is C20H26N2O5S. The van der Waals surface area contributed by atoms with Crippen LogP contribution in [0.1, 0.15) is 19.4 Å². The predicted molar refractivity (Wildman–Crippen MR) is 111 cm³/mol. The molecule has 0 aliphatic carbocycles. The number of nitrogens with one attached hydrogen (secondary N) is 1. The molecule has 0 saturated carbocycles. The third kappa shape index (κ3) is 4.95. The van der Waals surface area contributed by atoms with Crippen molar-refractivity contribution in [1.29, 1.82) is 0 Å². The van der Waals surface area contributed by atoms with Gasteiger partial charge in [0.1, 0.15) is 6.04 Å². The molecular weight excluding hydrogens is 380 g/mol. The fourth-order valence-electron chi connectivity index (χ4n) is 2.85. The largest absolute Gasteiger partial charge is 0.493 e. The summed E-state index contributed by atoms with van der Waals surface area (Å²) in [6, 6.07) is 11.1. The molecule has 0 aliphatic heterocycles. The summed E-state index contributed by atoms with van der Waals surface area (Å²) >= 11 is 0. The Morgan fingerprint density at radius 1 is 1.07 bits per heavy atom. The van der Waals surface area contributed by atoms with Crippen molar-refractivity contribution < 1.29 is 22.7 Å². The van der Waals surface area contributed by atoms with Crippen LogP contribution in [-0.2, 0) is 21.2 Å². The summed E-state index contributed by atoms with van der Waals surface area (Å²) in [5.74, 6) is 0.530. The van der Waals surface area contributed by atoms with Crippen LogP contribution in [0.5, 0.6) is 11.5 Å². The van der Waals surface area contributed by atoms with Crippen molar-refractivity contribution in [2.75, 3.05) is 30.1 Å². The summed E-state index contributed by atoms with van der Waals surface area (Å²) in [6.45, 7) is 3.56. The number of hydrogen-bond donors (Lipinski definition) is 1. The number of rotatable bonds is 8. The summed E-state index contributed by atoms with van der Waals surface area (Å²) in [5, 5.41) is 2.73. The van der Waals surface area contributed by atoms with E-state index in [0.29, 0.717) is 22.9 Å². The normalized spacial score (nSPS) is 12.2. The molecule has 1 atom stereocenters. The SMILES string of the molecule is CCc1ccc(N([C@H](C)C(=O)Nc2ccc(OC)c(OC)c2)S(C)(=O)=O)cc1. The Morgan fingerprint density at radius 2 is 1.68 bits per heavy atom. The molecule has 0 bridgehead atoms. The number of anilines is 2. The maximum Gasteiger partial charge on any atom is 0.247 e. The van der Waals surface area contributed by atoms with Crippen LogP contribution in [0.25, 0.3) is 0 Å². The topological polar surface area (TPSA) is 84.9 Å². The van der Waals surface area contributed by atoms with Gasteiger partial charge in [0.15, 0.2) is 11.5 Å². The number of nitrogens with zero attached hydrogens (tertiary/aromatic N) is 1. The minimum Gasteiger partial charge on any atom is -0.493 e. The maximum absolute atomic E-state index is 12.8. The zero-order valence-corrected chi connectivity index (χ0v) is 17.5. The van der Waals surface area contributed by atoms with Crippen molar-refractivity contribution in [3.05, 3.63) is 48.0 Å². The molecule has 28 heavy (non-hydrogen) atoms. The second-order valence-electron chi connectivity index (χ2n) is 6.31. The zero-order valence-electron chi connectivity index (χ0n) is 16.7. The van der Waals surface area contributed by atoms with E-state index in [1.54, 1.807) is 37.3 Å². The van der Waals surface area contributed by atoms with Crippen molar-refractivity contribution in [2.45, 2.75) is 26.3 Å². The maximum atomic E-state index is 12.8. The quantitative estimate of drug-likeness (QED) is 0.728. The summed E-state index contributed by atoms with van der Waals surface area (Å²) in [7, 11) is -0.652. The summed E-state index contributed by atoms with van der Waals surface area (Å²) in [4.78, 5) is 12.8. The van der Waals surface area contributed by atoms with E-state index in [4.69, 9.17) is 9.47 Å². The Morgan fingerprint density at radius 3 is 2.18 bits per heavy atom. The highest BCUT2D eigenvalue weighted by Crippen LogP contribution is 2.30. The lowest BCUT2D eigenvalue weighted by Gasteiger charge is -2.28. The van der Waals surface area contributed by atoms with Gasteiger partial charge in [0, 0.05) is 11.8 Å². The van der Waals surface area contributed by atoms with E-state index >= 15 is 0 Å². The predicted octanol–water partition coefficient (Wildman–Crippen LogP) is 3.06. The highest BCUT2D eigenvalue weighted by atomic mass is 32.2. The summed E-state index contributed by atoms with van der Waals surface area (Å²) in [5.41, 5.74) is 2.00. The molecule has 0 aliphatic rings. The third-order valence-electron chi connectivity index (χ3n) is 4.34. The van der Waals surface area contributed by atoms with Crippen molar-refractivity contribution in [1.82, 2.24) is 0 Å². The summed E-state index contributed by atoms with van der Waals surface area (Å²) in [6.07, 6.45) is 1.93. The van der Waals surface area contributed by atoms with E-state index in [0.717, 1.165) is 22.5 Å². The standard InChI is InChI=1S/C20H26N2O5S/c1-6-15-7-10-17(11-8-15)22(28(5,24)25)14(2)20(23)21-16-9-12-18(26-3)19(13-16)27-4/h7-14H,6H2,1-5H3,(H,21,23)/t14-/m1/s1. The number of methoxy groups -OCH3 is 2. The minimum atomic E-state index is -3.67. The van der Waals surface area contributed by atoms with Gasteiger partial charge in [-0.25, -0.2) is 8.42 Å². The lowest BCUT2D eigenvalue weighted by atomic mass is 10.1. The lowest BCUT2D eigenvalue weighted by molar-refractivity contribution is -0.116. The molecule has 1 amide bonds. The molecule has 0 heterocycles. The first-order valence-electron chi connectivity index (χ1n) is 8.82. The van der Waals surface area contributed by atoms with Gasteiger partial charge in [-0.3, -0.25) is 9.10 Å². The van der Waals surface area contributed by atoms with Crippen molar-refractivity contribution in [2.24, 2.45) is 0 Å². The van der Waals surface area contributed by atoms with Crippen LogP contribution in [0, 0.1) is 0 Å². The Kier molecular flexibility index (Phi) is 6.90. The molecule has 0 fully saturated rings. The number of amides is 1. The number of ether oxygens (including phenoxy) is 2. The van der Waals surface area contributed by atoms with Gasteiger partial charge in [-0.05, 0) is 43.2 Å². The molecule has 2 aromatic rings. The van der Waals surface area contributed by atoms with Gasteiger partial charge < -0.3 is 14.8 Å². The Labute approximate surface area is 166 Å². The van der Waals surface area contributed by atoms with Gasteiger partial charge in [-0.15, -0.1) is 0 Å². The van der Waals surface area contributed by atoms with Gasteiger partial charge in [0.25, 0.3) is 0 Å². The number of aryl methyl sites for hydroxylation is 1. The molecule has 2 rings (SSSR count). The Bertz CT molecular complexity index is 926. The first-order chi connectivity index (χ1) is 13.2. The first-order valence-corrected chi connectivity index (χ1v) is 10.7. The van der Waals surface area contributed by atoms with E-state index < -0.39 is 22.0 Å². The fourth-order valence-corrected chi connectivity index (χ4v) is 4.02. The fraction of sp³-hybridized carbons (Fsp3) is 0.350. The van der Waals surface area contributed by atoms with Crippen molar-refractivity contribution in [3.8, 4) is 11.5 Å². The number of benzene rings is 2. The van der Waals surface area contributed by atoms with Crippen LogP contribution in [0.2, 0.25) is 0 Å². The van der Waals surface area contributed by atoms with E-state index in [1.807, 2.05) is 19.1 Å². The molecule has 0 aromatic heterocycles. The molecule has 8 heteroatoms. The first kappa shape index (κ1) is 21.6.